The van der Waals surface area contributed by atoms with E-state index in [9.17, 15) is 4.79 Å². The molecule has 114 valence electrons. The molecule has 0 aromatic carbocycles. The first-order valence-corrected chi connectivity index (χ1v) is 7.72. The standard InChI is InChI=1S/C12H26N4OS.HI/c1-5-6-7-13-12(14-8-9-18-4)15-10-11(17)16(2)3;/h5-10H2,1-4H3,(H2,13,14,15);1H. The molecule has 0 unspecified atom stereocenters. The number of carbonyl (C=O) groups excluding carboxylic acids is 1. The van der Waals surface area contributed by atoms with Gasteiger partial charge in [-0.2, -0.15) is 11.8 Å². The summed E-state index contributed by atoms with van der Waals surface area (Å²) in [5, 5.41) is 6.45. The van der Waals surface area contributed by atoms with Crippen molar-refractivity contribution in [2.45, 2.75) is 19.8 Å². The van der Waals surface area contributed by atoms with Crippen LogP contribution in [-0.4, -0.2) is 62.5 Å². The van der Waals surface area contributed by atoms with Gasteiger partial charge in [0.2, 0.25) is 5.91 Å². The lowest BCUT2D eigenvalue weighted by Crippen LogP contribution is -2.40. The minimum absolute atomic E-state index is 0. The predicted octanol–water partition coefficient (Wildman–Crippen LogP) is 1.39. The average Bonchev–Trinajstić information content (AvgIpc) is 2.35. The number of hydrogen-bond donors (Lipinski definition) is 2. The fraction of sp³-hybridized carbons (Fsp3) is 0.833. The number of halogens is 1. The van der Waals surface area contributed by atoms with Crippen LogP contribution >= 0.6 is 35.7 Å². The van der Waals surface area contributed by atoms with Gasteiger partial charge in [0.1, 0.15) is 6.54 Å². The molecule has 1 amide bonds. The molecule has 5 nitrogen and oxygen atoms in total. The predicted molar refractivity (Wildman–Crippen MR) is 95.7 cm³/mol. The Morgan fingerprint density at radius 3 is 2.42 bits per heavy atom. The summed E-state index contributed by atoms with van der Waals surface area (Å²) >= 11 is 1.78. The van der Waals surface area contributed by atoms with Gasteiger partial charge in [0, 0.05) is 32.9 Å². The molecule has 0 bridgehead atoms. The van der Waals surface area contributed by atoms with Crippen molar-refractivity contribution < 1.29 is 4.79 Å². The lowest BCUT2D eigenvalue weighted by Gasteiger charge is -2.13. The summed E-state index contributed by atoms with van der Waals surface area (Å²) in [7, 11) is 3.48. The number of thioether (sulfide) groups is 1. The fourth-order valence-electron chi connectivity index (χ4n) is 1.12. The minimum Gasteiger partial charge on any atom is -0.356 e. The second-order valence-electron chi connectivity index (χ2n) is 4.15. The second kappa shape index (κ2) is 14.2. The van der Waals surface area contributed by atoms with E-state index in [1.54, 1.807) is 30.8 Å². The first-order chi connectivity index (χ1) is 8.61. The zero-order chi connectivity index (χ0) is 13.8. The maximum absolute atomic E-state index is 11.5. The molecule has 0 fully saturated rings. The normalized spacial score (nSPS) is 10.6. The summed E-state index contributed by atoms with van der Waals surface area (Å²) in [6.45, 7) is 4.08. The quantitative estimate of drug-likeness (QED) is 0.279. The molecule has 0 heterocycles. The number of nitrogens with one attached hydrogen (secondary N) is 2. The molecule has 0 radical (unpaired) electrons. The van der Waals surface area contributed by atoms with Crippen LogP contribution in [0.3, 0.4) is 0 Å². The largest absolute Gasteiger partial charge is 0.356 e. The number of likely N-dealkylation sites (N-methyl/N-ethyl adjacent to an activating group) is 1. The Morgan fingerprint density at radius 1 is 1.26 bits per heavy atom. The lowest BCUT2D eigenvalue weighted by atomic mass is 10.3. The van der Waals surface area contributed by atoms with Crippen molar-refractivity contribution in [1.82, 2.24) is 15.5 Å². The maximum Gasteiger partial charge on any atom is 0.243 e. The summed E-state index contributed by atoms with van der Waals surface area (Å²) in [5.41, 5.74) is 0. The molecule has 0 aromatic rings. The van der Waals surface area contributed by atoms with Crippen molar-refractivity contribution in [1.29, 1.82) is 0 Å². The van der Waals surface area contributed by atoms with E-state index < -0.39 is 0 Å². The van der Waals surface area contributed by atoms with Gasteiger partial charge < -0.3 is 15.5 Å². The van der Waals surface area contributed by atoms with Crippen LogP contribution in [0.15, 0.2) is 4.99 Å². The second-order valence-corrected chi connectivity index (χ2v) is 5.14. The molecule has 0 saturated heterocycles. The smallest absolute Gasteiger partial charge is 0.243 e. The van der Waals surface area contributed by atoms with Gasteiger partial charge in [0.25, 0.3) is 0 Å². The number of rotatable bonds is 8. The number of carbonyl (C=O) groups is 1. The highest BCUT2D eigenvalue weighted by Gasteiger charge is 2.03. The number of amides is 1. The van der Waals surface area contributed by atoms with Crippen LogP contribution < -0.4 is 10.6 Å². The summed E-state index contributed by atoms with van der Waals surface area (Å²) in [6, 6.07) is 0. The third-order valence-corrected chi connectivity index (χ3v) is 2.91. The van der Waals surface area contributed by atoms with E-state index in [4.69, 9.17) is 0 Å². The van der Waals surface area contributed by atoms with Gasteiger partial charge in [0.15, 0.2) is 5.96 Å². The lowest BCUT2D eigenvalue weighted by molar-refractivity contribution is -0.127. The molecule has 0 atom stereocenters. The highest BCUT2D eigenvalue weighted by molar-refractivity contribution is 14.0. The minimum atomic E-state index is 0. The zero-order valence-electron chi connectivity index (χ0n) is 12.4. The van der Waals surface area contributed by atoms with E-state index in [0.29, 0.717) is 0 Å². The van der Waals surface area contributed by atoms with Crippen LogP contribution in [0.25, 0.3) is 0 Å². The molecule has 2 N–H and O–H groups in total. The Morgan fingerprint density at radius 2 is 1.89 bits per heavy atom. The Bertz CT molecular complexity index is 250. The van der Waals surface area contributed by atoms with Crippen molar-refractivity contribution in [2.75, 3.05) is 45.7 Å². The van der Waals surface area contributed by atoms with E-state index in [1.165, 1.54) is 0 Å². The Balaban J connectivity index is 0. The molecule has 0 aliphatic rings. The van der Waals surface area contributed by atoms with Gasteiger partial charge in [-0.25, -0.2) is 4.99 Å². The molecule has 7 heteroatoms. The zero-order valence-corrected chi connectivity index (χ0v) is 15.5. The number of aliphatic imine (C=N–C) groups is 1. The van der Waals surface area contributed by atoms with E-state index in [1.807, 2.05) is 0 Å². The van der Waals surface area contributed by atoms with Crippen LogP contribution in [-0.2, 0) is 4.79 Å². The van der Waals surface area contributed by atoms with Crippen LogP contribution in [0.4, 0.5) is 0 Å². The van der Waals surface area contributed by atoms with Crippen LogP contribution in [0, 0.1) is 0 Å². The first-order valence-electron chi connectivity index (χ1n) is 6.33. The molecule has 0 spiro atoms. The van der Waals surface area contributed by atoms with Crippen molar-refractivity contribution >= 4 is 47.6 Å². The van der Waals surface area contributed by atoms with E-state index >= 15 is 0 Å². The summed E-state index contributed by atoms with van der Waals surface area (Å²) < 4.78 is 0. The van der Waals surface area contributed by atoms with Gasteiger partial charge in [-0.05, 0) is 12.7 Å². The monoisotopic (exact) mass is 402 g/mol. The van der Waals surface area contributed by atoms with Crippen molar-refractivity contribution in [3.05, 3.63) is 0 Å². The number of unbranched alkanes of at least 4 members (excludes halogenated alkanes) is 1. The van der Waals surface area contributed by atoms with Gasteiger partial charge >= 0.3 is 0 Å². The molecule has 0 aliphatic heterocycles. The maximum atomic E-state index is 11.5. The van der Waals surface area contributed by atoms with Crippen LogP contribution in [0.1, 0.15) is 19.8 Å². The SMILES string of the molecule is CCCCNC(=NCC(=O)N(C)C)NCCSC.I. The third kappa shape index (κ3) is 12.6. The van der Waals surface area contributed by atoms with Crippen molar-refractivity contribution in [3.63, 3.8) is 0 Å². The molecule has 0 aromatic heterocycles. The van der Waals surface area contributed by atoms with Crippen molar-refractivity contribution in [2.24, 2.45) is 4.99 Å². The number of nitrogens with zero attached hydrogens (tertiary/aromatic N) is 2. The average molecular weight is 402 g/mol. The topological polar surface area (TPSA) is 56.7 Å². The van der Waals surface area contributed by atoms with Crippen LogP contribution in [0.5, 0.6) is 0 Å². The highest BCUT2D eigenvalue weighted by Crippen LogP contribution is 1.88. The molecule has 0 aliphatic carbocycles. The molecule has 0 rings (SSSR count). The molecule has 19 heavy (non-hydrogen) atoms. The number of hydrogen-bond acceptors (Lipinski definition) is 3. The Kier molecular flexibility index (Phi) is 15.8. The summed E-state index contributed by atoms with van der Waals surface area (Å²) in [5.74, 6) is 1.76. The highest BCUT2D eigenvalue weighted by atomic mass is 127. The Hall–Kier alpha value is -0.180. The molecular formula is C12H27IN4OS. The summed E-state index contributed by atoms with van der Waals surface area (Å²) in [4.78, 5) is 17.3. The van der Waals surface area contributed by atoms with E-state index in [2.05, 4.69) is 28.8 Å². The van der Waals surface area contributed by atoms with E-state index in [0.717, 1.165) is 37.6 Å². The van der Waals surface area contributed by atoms with E-state index in [-0.39, 0.29) is 36.4 Å². The molecular weight excluding hydrogens is 375 g/mol. The first kappa shape index (κ1) is 21.1. The molecule has 0 saturated carbocycles. The number of guanidine groups is 1. The Labute approximate surface area is 138 Å². The summed E-state index contributed by atoms with van der Waals surface area (Å²) in [6.07, 6.45) is 4.31. The van der Waals surface area contributed by atoms with Gasteiger partial charge in [0.05, 0.1) is 0 Å². The fourth-order valence-corrected chi connectivity index (χ4v) is 1.42. The van der Waals surface area contributed by atoms with Crippen LogP contribution in [0.2, 0.25) is 0 Å². The third-order valence-electron chi connectivity index (χ3n) is 2.29. The van der Waals surface area contributed by atoms with Gasteiger partial charge in [-0.1, -0.05) is 13.3 Å². The van der Waals surface area contributed by atoms with Gasteiger partial charge in [-0.3, -0.25) is 4.79 Å². The van der Waals surface area contributed by atoms with Crippen molar-refractivity contribution in [3.8, 4) is 0 Å². The van der Waals surface area contributed by atoms with Gasteiger partial charge in [-0.15, -0.1) is 24.0 Å².